The number of benzene rings is 4. The van der Waals surface area contributed by atoms with Gasteiger partial charge in [0.2, 0.25) is 0 Å². The molecule has 0 radical (unpaired) electrons. The second-order valence-electron chi connectivity index (χ2n) is 17.6. The number of fused-ring (bicyclic) bond motifs is 1. The van der Waals surface area contributed by atoms with Gasteiger partial charge in [0, 0.05) is 112 Å². The molecule has 1 aliphatic carbocycles. The van der Waals surface area contributed by atoms with Gasteiger partial charge in [-0.15, -0.1) is 0 Å². The van der Waals surface area contributed by atoms with Crippen molar-refractivity contribution >= 4 is 61.1 Å². The number of rotatable bonds is 14. The van der Waals surface area contributed by atoms with Gasteiger partial charge in [0.25, 0.3) is 21.6 Å². The van der Waals surface area contributed by atoms with Crippen molar-refractivity contribution in [1.82, 2.24) is 24.4 Å². The van der Waals surface area contributed by atoms with E-state index in [0.717, 1.165) is 106 Å². The van der Waals surface area contributed by atoms with Crippen LogP contribution in [0.1, 0.15) is 49.0 Å². The second kappa shape index (κ2) is 18.7. The van der Waals surface area contributed by atoms with Gasteiger partial charge >= 0.3 is 0 Å². The lowest BCUT2D eigenvalue weighted by atomic mass is 9.72. The van der Waals surface area contributed by atoms with Gasteiger partial charge in [-0.25, -0.2) is 13.1 Å². The maximum Gasteiger partial charge on any atom is 0.293 e. The smallest absolute Gasteiger partial charge is 0.293 e. The summed E-state index contributed by atoms with van der Waals surface area (Å²) in [5.74, 6) is -0.274. The molecule has 0 atom stereocenters. The molecule has 2 fully saturated rings. The minimum absolute atomic E-state index is 0.00733. The maximum atomic E-state index is 14.0. The zero-order chi connectivity index (χ0) is 44.3. The molecule has 2 saturated heterocycles. The molecule has 0 spiro atoms. The molecule has 3 N–H and O–H groups in total. The molecule has 4 aromatic carbocycles. The van der Waals surface area contributed by atoms with Crippen molar-refractivity contribution in [2.24, 2.45) is 5.41 Å². The zero-order valence-electron chi connectivity index (χ0n) is 36.0. The number of piperazine rings is 2. The lowest BCUT2D eigenvalue weighted by Crippen LogP contribution is -2.47. The van der Waals surface area contributed by atoms with E-state index in [1.165, 1.54) is 28.8 Å². The van der Waals surface area contributed by atoms with Crippen LogP contribution in [0.25, 0.3) is 16.5 Å². The Bertz CT molecular complexity index is 2620. The highest BCUT2D eigenvalue weighted by molar-refractivity contribution is 7.90. The van der Waals surface area contributed by atoms with Gasteiger partial charge in [-0.3, -0.25) is 24.7 Å². The van der Waals surface area contributed by atoms with E-state index >= 15 is 0 Å². The molecule has 1 aromatic heterocycles. The largest absolute Gasteiger partial charge is 0.456 e. The number of nitro groups is 1. The van der Waals surface area contributed by atoms with Crippen molar-refractivity contribution in [2.45, 2.75) is 38.0 Å². The molecule has 16 heteroatoms. The van der Waals surface area contributed by atoms with Gasteiger partial charge < -0.3 is 24.8 Å². The average Bonchev–Trinajstić information content (AvgIpc) is 3.76. The normalized spacial score (nSPS) is 17.8. The lowest BCUT2D eigenvalue weighted by molar-refractivity contribution is -0.384. The number of carbonyl (C=O) groups excluding carboxylic acids is 1. The minimum Gasteiger partial charge on any atom is -0.456 e. The van der Waals surface area contributed by atoms with Crippen LogP contribution < -0.4 is 19.7 Å². The van der Waals surface area contributed by atoms with E-state index in [9.17, 15) is 23.3 Å². The summed E-state index contributed by atoms with van der Waals surface area (Å²) in [7, 11) is -2.48. The first kappa shape index (κ1) is 44.2. The van der Waals surface area contributed by atoms with Crippen LogP contribution in [-0.2, 0) is 10.0 Å². The number of aromatic nitrogens is 1. The number of nitrogens with one attached hydrogen (secondary N) is 3. The average molecular weight is 896 g/mol. The molecule has 3 heterocycles. The summed E-state index contributed by atoms with van der Waals surface area (Å²) in [6.45, 7) is 13.5. The third-order valence-corrected chi connectivity index (χ3v) is 14.1. The first-order valence-corrected chi connectivity index (χ1v) is 23.4. The molecular weight excluding hydrogens is 840 g/mol. The van der Waals surface area contributed by atoms with E-state index in [0.29, 0.717) is 18.8 Å². The van der Waals surface area contributed by atoms with Gasteiger partial charge in [0.05, 0.1) is 15.4 Å². The molecule has 8 rings (SSSR count). The van der Waals surface area contributed by atoms with E-state index in [1.807, 2.05) is 30.3 Å². The fourth-order valence-corrected chi connectivity index (χ4v) is 9.89. The molecule has 332 valence electrons. The molecular formula is C47H55ClN8O6S. The third kappa shape index (κ3) is 10.5. The molecule has 0 bridgehead atoms. The summed E-state index contributed by atoms with van der Waals surface area (Å²) in [5, 5.41) is 16.8. The van der Waals surface area contributed by atoms with Crippen LogP contribution in [-0.4, -0.2) is 118 Å². The Morgan fingerprint density at radius 3 is 2.40 bits per heavy atom. The van der Waals surface area contributed by atoms with Gasteiger partial charge in [0.1, 0.15) is 17.2 Å². The SMILES string of the molecule is CN1CCN(CCNc2ccc(S(=O)(=O)NC(=O)c3ccc(N4CCN(CC5=C(c6ccc(Cl)cc6)CC(C)(C)CC5)CC4)cc3Oc3cccc4[nH]ccc34)cc2[N+](=O)[O-])CC1. The Morgan fingerprint density at radius 1 is 0.905 bits per heavy atom. The highest BCUT2D eigenvalue weighted by Crippen LogP contribution is 2.43. The number of halogens is 1. The van der Waals surface area contributed by atoms with Crippen LogP contribution in [0.4, 0.5) is 17.1 Å². The first-order chi connectivity index (χ1) is 30.2. The Kier molecular flexibility index (Phi) is 13.1. The van der Waals surface area contributed by atoms with Crippen LogP contribution in [0.3, 0.4) is 0 Å². The van der Waals surface area contributed by atoms with Gasteiger partial charge in [-0.1, -0.05) is 49.2 Å². The van der Waals surface area contributed by atoms with E-state index in [-0.39, 0.29) is 22.4 Å². The Labute approximate surface area is 374 Å². The van der Waals surface area contributed by atoms with Crippen LogP contribution in [0.5, 0.6) is 11.5 Å². The number of ether oxygens (including phenoxy) is 1. The predicted octanol–water partition coefficient (Wildman–Crippen LogP) is 8.09. The molecule has 63 heavy (non-hydrogen) atoms. The standard InChI is InChI=1S/C47H55ClN8O6S/c1-47(2)17-15-34(40(31-47)33-7-9-35(48)10-8-33)32-54-25-27-55(28-26-54)36-11-13-39(45(29-36)62-44-6-4-5-41-38(44)16-18-49-41)46(57)51-63(60,61)37-12-14-42(43(30-37)56(58)59)50-19-20-53-23-21-52(3)22-24-53/h4-14,16,18,29-30,49-50H,15,17,19-28,31-32H2,1-3H3,(H,51,57). The van der Waals surface area contributed by atoms with Crippen molar-refractivity contribution < 1.29 is 22.9 Å². The molecule has 2 aliphatic heterocycles. The molecule has 0 unspecified atom stereocenters. The summed E-state index contributed by atoms with van der Waals surface area (Å²) in [5.41, 5.74) is 5.81. The molecule has 1 amide bonds. The number of hydrogen-bond donors (Lipinski definition) is 3. The number of allylic oxidation sites excluding steroid dienone is 1. The Morgan fingerprint density at radius 2 is 1.65 bits per heavy atom. The van der Waals surface area contributed by atoms with Crippen molar-refractivity contribution in [2.75, 3.05) is 89.3 Å². The highest BCUT2D eigenvalue weighted by atomic mass is 35.5. The van der Waals surface area contributed by atoms with Gasteiger partial charge in [-0.2, -0.15) is 0 Å². The fraction of sp³-hybridized carbons (Fsp3) is 0.383. The highest BCUT2D eigenvalue weighted by Gasteiger charge is 2.31. The van der Waals surface area contributed by atoms with E-state index in [1.54, 1.807) is 30.5 Å². The summed E-state index contributed by atoms with van der Waals surface area (Å²) < 4.78 is 36.1. The lowest BCUT2D eigenvalue weighted by Gasteiger charge is -2.39. The minimum atomic E-state index is -4.55. The van der Waals surface area contributed by atoms with E-state index in [2.05, 4.69) is 67.7 Å². The monoisotopic (exact) mass is 894 g/mol. The number of H-pyrrole nitrogens is 1. The van der Waals surface area contributed by atoms with Gasteiger partial charge in [0.15, 0.2) is 0 Å². The quantitative estimate of drug-likeness (QED) is 0.0732. The second-order valence-corrected chi connectivity index (χ2v) is 19.7. The predicted molar refractivity (Wildman–Crippen MR) is 250 cm³/mol. The number of likely N-dealkylation sites (N-methyl/N-ethyl adjacent to an activating group) is 1. The van der Waals surface area contributed by atoms with Crippen LogP contribution in [0.15, 0.2) is 102 Å². The number of carbonyl (C=O) groups is 1. The number of aromatic amines is 1. The molecule has 3 aliphatic rings. The van der Waals surface area contributed by atoms with Crippen molar-refractivity contribution in [3.8, 4) is 11.5 Å². The number of nitro benzene ring substituents is 1. The number of nitrogens with zero attached hydrogens (tertiary/aromatic N) is 5. The number of amides is 1. The van der Waals surface area contributed by atoms with E-state index in [4.69, 9.17) is 16.3 Å². The fourth-order valence-electron chi connectivity index (χ4n) is 8.78. The Hall–Kier alpha value is -5.45. The van der Waals surface area contributed by atoms with E-state index < -0.39 is 31.4 Å². The van der Waals surface area contributed by atoms with Crippen molar-refractivity contribution in [3.63, 3.8) is 0 Å². The van der Waals surface area contributed by atoms with Crippen LogP contribution in [0.2, 0.25) is 5.02 Å². The number of anilines is 2. The third-order valence-electron chi connectivity index (χ3n) is 12.6. The van der Waals surface area contributed by atoms with Crippen molar-refractivity contribution in [3.05, 3.63) is 123 Å². The summed E-state index contributed by atoms with van der Waals surface area (Å²) >= 11 is 6.25. The molecule has 14 nitrogen and oxygen atoms in total. The van der Waals surface area contributed by atoms with Crippen LogP contribution in [0, 0.1) is 15.5 Å². The van der Waals surface area contributed by atoms with Crippen LogP contribution >= 0.6 is 11.6 Å². The zero-order valence-corrected chi connectivity index (χ0v) is 37.6. The summed E-state index contributed by atoms with van der Waals surface area (Å²) in [6, 6.07) is 24.4. The number of sulfonamides is 1. The summed E-state index contributed by atoms with van der Waals surface area (Å²) in [4.78, 5) is 37.5. The van der Waals surface area contributed by atoms with Crippen molar-refractivity contribution in [1.29, 1.82) is 0 Å². The number of hydrogen-bond acceptors (Lipinski definition) is 11. The Balaban J connectivity index is 0.992. The molecule has 0 saturated carbocycles. The topological polar surface area (TPSA) is 156 Å². The molecule has 5 aromatic rings. The van der Waals surface area contributed by atoms with Gasteiger partial charge in [-0.05, 0) is 97.5 Å². The first-order valence-electron chi connectivity index (χ1n) is 21.5. The summed E-state index contributed by atoms with van der Waals surface area (Å²) in [6.07, 6.45) is 5.01. The maximum absolute atomic E-state index is 14.0.